The molecule has 2 aromatic heterocycles. The summed E-state index contributed by atoms with van der Waals surface area (Å²) in [4.78, 5) is 29.5. The van der Waals surface area contributed by atoms with Gasteiger partial charge in [0.1, 0.15) is 11.2 Å². The van der Waals surface area contributed by atoms with Gasteiger partial charge in [0.05, 0.1) is 10.5 Å². The number of halogens is 1. The third-order valence-corrected chi connectivity index (χ3v) is 7.67. The lowest BCUT2D eigenvalue weighted by molar-refractivity contribution is 0.0928. The van der Waals surface area contributed by atoms with Crippen LogP contribution < -0.4 is 10.9 Å². The van der Waals surface area contributed by atoms with E-state index < -0.39 is 0 Å². The molecule has 0 radical (unpaired) electrons. The Balaban J connectivity index is 1.59. The van der Waals surface area contributed by atoms with E-state index in [9.17, 15) is 9.59 Å². The summed E-state index contributed by atoms with van der Waals surface area (Å²) in [5, 5.41) is 4.39. The number of aromatic nitrogens is 2. The highest BCUT2D eigenvalue weighted by molar-refractivity contribution is 6.39. The van der Waals surface area contributed by atoms with E-state index in [4.69, 9.17) is 11.6 Å². The fraction of sp³-hybridized carbons (Fsp3) is 0.520. The third kappa shape index (κ3) is 3.54. The first-order chi connectivity index (χ1) is 15.5. The predicted molar refractivity (Wildman–Crippen MR) is 129 cm³/mol. The fourth-order valence-electron chi connectivity index (χ4n) is 5.68. The maximum atomic E-state index is 13.5. The number of rotatable bonds is 5. The zero-order valence-electron chi connectivity index (χ0n) is 18.8. The summed E-state index contributed by atoms with van der Waals surface area (Å²) >= 11 is 6.71. The second kappa shape index (κ2) is 8.56. The minimum absolute atomic E-state index is 0.114. The van der Waals surface area contributed by atoms with Gasteiger partial charge in [-0.2, -0.15) is 0 Å². The number of nitrogens with one attached hydrogen (secondary N) is 1. The molecule has 1 N–H and O–H groups in total. The molecule has 5 rings (SSSR count). The first kappa shape index (κ1) is 21.5. The molecule has 7 heteroatoms. The molecule has 0 unspecified atom stereocenters. The standard InChI is InChI=1S/C25H31ClN4O2/c1-16(2)28-13-7-10-18(28)14-27-24(31)21-15-29(17-8-3-4-9-17)25(32)23-22(26)19-11-5-6-12-20(19)30(21)23/h5-6,11-12,15-18H,3-4,7-10,13-14H2,1-2H3,(H,27,31)/t18-/m1/s1. The maximum Gasteiger partial charge on any atom is 0.276 e. The molecule has 1 aromatic carbocycles. The number of hydrogen-bond donors (Lipinski definition) is 1. The highest BCUT2D eigenvalue weighted by atomic mass is 35.5. The van der Waals surface area contributed by atoms with Crippen LogP contribution >= 0.6 is 11.6 Å². The second-order valence-corrected chi connectivity index (χ2v) is 9.90. The number of amides is 1. The van der Waals surface area contributed by atoms with Crippen LogP contribution in [0.5, 0.6) is 0 Å². The summed E-state index contributed by atoms with van der Waals surface area (Å²) in [5.41, 5.74) is 1.55. The highest BCUT2D eigenvalue weighted by Gasteiger charge is 2.29. The fourth-order valence-corrected chi connectivity index (χ4v) is 6.01. The van der Waals surface area contributed by atoms with Gasteiger partial charge in [0.2, 0.25) is 0 Å². The summed E-state index contributed by atoms with van der Waals surface area (Å²) in [5.74, 6) is -0.158. The predicted octanol–water partition coefficient (Wildman–Crippen LogP) is 4.63. The van der Waals surface area contributed by atoms with Gasteiger partial charge in [0.15, 0.2) is 0 Å². The molecule has 32 heavy (non-hydrogen) atoms. The van der Waals surface area contributed by atoms with E-state index >= 15 is 0 Å². The summed E-state index contributed by atoms with van der Waals surface area (Å²) in [6, 6.07) is 8.58. The van der Waals surface area contributed by atoms with Crippen molar-refractivity contribution in [1.29, 1.82) is 0 Å². The maximum absolute atomic E-state index is 13.5. The third-order valence-electron chi connectivity index (χ3n) is 7.29. The average Bonchev–Trinajstić information content (AvgIpc) is 3.53. The number of para-hydroxylation sites is 1. The molecule has 1 aliphatic carbocycles. The van der Waals surface area contributed by atoms with Gasteiger partial charge in [-0.05, 0) is 52.1 Å². The number of nitrogens with zero attached hydrogens (tertiary/aromatic N) is 3. The Hall–Kier alpha value is -2.31. The van der Waals surface area contributed by atoms with Crippen LogP contribution in [-0.4, -0.2) is 44.9 Å². The smallest absolute Gasteiger partial charge is 0.276 e. The Labute approximate surface area is 193 Å². The van der Waals surface area contributed by atoms with Crippen LogP contribution in [0, 0.1) is 0 Å². The van der Waals surface area contributed by atoms with Crippen molar-refractivity contribution in [2.45, 2.75) is 70.5 Å². The zero-order valence-corrected chi connectivity index (χ0v) is 19.6. The van der Waals surface area contributed by atoms with Crippen molar-refractivity contribution in [3.63, 3.8) is 0 Å². The molecule has 6 nitrogen and oxygen atoms in total. The molecule has 1 amide bonds. The largest absolute Gasteiger partial charge is 0.349 e. The van der Waals surface area contributed by atoms with E-state index in [1.165, 1.54) is 0 Å². The molecule has 2 fully saturated rings. The van der Waals surface area contributed by atoms with Crippen molar-refractivity contribution >= 4 is 33.9 Å². The molecule has 3 aromatic rings. The van der Waals surface area contributed by atoms with Crippen LogP contribution in [0.4, 0.5) is 0 Å². The lowest BCUT2D eigenvalue weighted by atomic mass is 10.2. The van der Waals surface area contributed by atoms with Crippen molar-refractivity contribution in [2.24, 2.45) is 0 Å². The Morgan fingerprint density at radius 2 is 1.91 bits per heavy atom. The topological polar surface area (TPSA) is 58.8 Å². The SMILES string of the molecule is CC(C)N1CCC[C@@H]1CNC(=O)c1cn(C2CCCC2)c(=O)c2c(Cl)c3ccccc3n12. The van der Waals surface area contributed by atoms with Crippen molar-refractivity contribution in [3.8, 4) is 0 Å². The Morgan fingerprint density at radius 1 is 1.16 bits per heavy atom. The van der Waals surface area contributed by atoms with Crippen LogP contribution in [0.15, 0.2) is 35.3 Å². The van der Waals surface area contributed by atoms with Gasteiger partial charge in [-0.3, -0.25) is 18.9 Å². The van der Waals surface area contributed by atoms with E-state index in [-0.39, 0.29) is 17.5 Å². The van der Waals surface area contributed by atoms with Crippen molar-refractivity contribution < 1.29 is 4.79 Å². The molecule has 170 valence electrons. The van der Waals surface area contributed by atoms with Gasteiger partial charge in [-0.25, -0.2) is 0 Å². The van der Waals surface area contributed by atoms with E-state index in [1.54, 1.807) is 15.2 Å². The van der Waals surface area contributed by atoms with Gasteiger partial charge in [-0.15, -0.1) is 0 Å². The van der Waals surface area contributed by atoms with Crippen molar-refractivity contribution in [3.05, 3.63) is 51.5 Å². The number of likely N-dealkylation sites (tertiary alicyclic amines) is 1. The number of carbonyl (C=O) groups is 1. The van der Waals surface area contributed by atoms with Crippen LogP contribution in [0.1, 0.15) is 68.9 Å². The first-order valence-electron chi connectivity index (χ1n) is 11.8. The van der Waals surface area contributed by atoms with E-state index in [2.05, 4.69) is 24.1 Å². The minimum Gasteiger partial charge on any atom is -0.349 e. The van der Waals surface area contributed by atoms with Crippen LogP contribution in [0.25, 0.3) is 16.4 Å². The number of benzene rings is 1. The lowest BCUT2D eigenvalue weighted by Crippen LogP contribution is -2.43. The minimum atomic E-state index is -0.158. The van der Waals surface area contributed by atoms with E-state index in [0.717, 1.165) is 56.0 Å². The van der Waals surface area contributed by atoms with E-state index in [0.29, 0.717) is 34.9 Å². The summed E-state index contributed by atoms with van der Waals surface area (Å²) in [7, 11) is 0. The number of hydrogen-bond acceptors (Lipinski definition) is 3. The molecule has 0 spiro atoms. The van der Waals surface area contributed by atoms with Crippen molar-refractivity contribution in [2.75, 3.05) is 13.1 Å². The molecule has 0 bridgehead atoms. The quantitative estimate of drug-likeness (QED) is 0.611. The monoisotopic (exact) mass is 454 g/mol. The Bertz CT molecular complexity index is 1220. The molecule has 1 saturated heterocycles. The average molecular weight is 455 g/mol. The van der Waals surface area contributed by atoms with Crippen molar-refractivity contribution in [1.82, 2.24) is 19.2 Å². The molecular formula is C25H31ClN4O2. The van der Waals surface area contributed by atoms with E-state index in [1.807, 2.05) is 24.3 Å². The molecule has 1 atom stereocenters. The molecule has 1 saturated carbocycles. The van der Waals surface area contributed by atoms with Gasteiger partial charge in [0.25, 0.3) is 11.5 Å². The van der Waals surface area contributed by atoms with Gasteiger partial charge in [-0.1, -0.05) is 42.6 Å². The summed E-state index contributed by atoms with van der Waals surface area (Å²) in [6.07, 6.45) is 8.14. The zero-order chi connectivity index (χ0) is 22.4. The molecule has 2 aliphatic rings. The molecule has 1 aliphatic heterocycles. The normalized spacial score (nSPS) is 20.2. The number of fused-ring (bicyclic) bond motifs is 3. The Morgan fingerprint density at radius 3 is 2.66 bits per heavy atom. The highest BCUT2D eigenvalue weighted by Crippen LogP contribution is 2.33. The van der Waals surface area contributed by atoms with Gasteiger partial charge >= 0.3 is 0 Å². The first-order valence-corrected chi connectivity index (χ1v) is 12.2. The van der Waals surface area contributed by atoms with Gasteiger partial charge in [0, 0.05) is 36.3 Å². The second-order valence-electron chi connectivity index (χ2n) is 9.52. The Kier molecular flexibility index (Phi) is 5.76. The van der Waals surface area contributed by atoms with Gasteiger partial charge < -0.3 is 9.88 Å². The summed E-state index contributed by atoms with van der Waals surface area (Å²) < 4.78 is 3.52. The van der Waals surface area contributed by atoms with Crippen LogP contribution in [-0.2, 0) is 0 Å². The number of carbonyl (C=O) groups excluding carboxylic acids is 1. The lowest BCUT2D eigenvalue weighted by Gasteiger charge is -2.28. The summed E-state index contributed by atoms with van der Waals surface area (Å²) in [6.45, 7) is 6.09. The molecule has 3 heterocycles. The van der Waals surface area contributed by atoms with Crippen LogP contribution in [0.3, 0.4) is 0 Å². The molecular weight excluding hydrogens is 424 g/mol. The van der Waals surface area contributed by atoms with Crippen LogP contribution in [0.2, 0.25) is 5.02 Å².